The Morgan fingerprint density at radius 3 is 2.83 bits per heavy atom. The summed E-state index contributed by atoms with van der Waals surface area (Å²) in [6.45, 7) is 2.37. The molecule has 2 N–H and O–H groups in total. The first-order chi connectivity index (χ1) is 11.7. The van der Waals surface area contributed by atoms with Crippen LogP contribution in [0.3, 0.4) is 0 Å². The van der Waals surface area contributed by atoms with E-state index in [4.69, 9.17) is 0 Å². The summed E-state index contributed by atoms with van der Waals surface area (Å²) in [4.78, 5) is 24.4. The Labute approximate surface area is 138 Å². The van der Waals surface area contributed by atoms with E-state index < -0.39 is 0 Å². The van der Waals surface area contributed by atoms with Crippen LogP contribution < -0.4 is 5.32 Å². The summed E-state index contributed by atoms with van der Waals surface area (Å²) in [5.74, 6) is 0.516. The molecule has 24 heavy (non-hydrogen) atoms. The van der Waals surface area contributed by atoms with Crippen molar-refractivity contribution in [2.75, 3.05) is 0 Å². The Kier molecular flexibility index (Phi) is 3.46. The highest BCUT2D eigenvalue weighted by molar-refractivity contribution is 5.94. The number of aromatic amines is 1. The summed E-state index contributed by atoms with van der Waals surface area (Å²) in [6.07, 6.45) is 0. The summed E-state index contributed by atoms with van der Waals surface area (Å²) in [5, 5.41) is 3.88. The lowest BCUT2D eigenvalue weighted by Gasteiger charge is -2.04. The number of carbonyl (C=O) groups excluding carboxylic acids is 1. The highest BCUT2D eigenvalue weighted by atomic mass is 16.1. The molecule has 5 nitrogen and oxygen atoms in total. The number of imidazole rings is 1. The van der Waals surface area contributed by atoms with Crippen molar-refractivity contribution in [1.82, 2.24) is 20.3 Å². The van der Waals surface area contributed by atoms with Crippen molar-refractivity contribution >= 4 is 27.8 Å². The molecule has 0 saturated carbocycles. The van der Waals surface area contributed by atoms with Gasteiger partial charge in [0.1, 0.15) is 11.5 Å². The number of H-pyrrole nitrogens is 1. The molecule has 0 unspecified atom stereocenters. The van der Waals surface area contributed by atoms with Gasteiger partial charge < -0.3 is 10.3 Å². The molecule has 0 aliphatic carbocycles. The molecule has 2 aromatic heterocycles. The number of aromatic nitrogens is 3. The van der Waals surface area contributed by atoms with Gasteiger partial charge in [-0.25, -0.2) is 9.97 Å². The fraction of sp³-hybridized carbons (Fsp3) is 0.105. The van der Waals surface area contributed by atoms with Gasteiger partial charge in [-0.2, -0.15) is 0 Å². The van der Waals surface area contributed by atoms with E-state index in [0.29, 0.717) is 12.2 Å². The molecule has 2 heterocycles. The Morgan fingerprint density at radius 2 is 1.92 bits per heavy atom. The zero-order valence-corrected chi connectivity index (χ0v) is 13.2. The predicted molar refractivity (Wildman–Crippen MR) is 93.7 cm³/mol. The van der Waals surface area contributed by atoms with E-state index in [1.165, 1.54) is 5.56 Å². The van der Waals surface area contributed by atoms with Crippen LogP contribution in [0.2, 0.25) is 0 Å². The van der Waals surface area contributed by atoms with Crippen LogP contribution in [0.1, 0.15) is 21.9 Å². The minimum Gasteiger partial charge on any atom is -0.343 e. The molecule has 0 atom stereocenters. The largest absolute Gasteiger partial charge is 0.343 e. The van der Waals surface area contributed by atoms with Crippen molar-refractivity contribution in [3.8, 4) is 0 Å². The zero-order chi connectivity index (χ0) is 16.5. The SMILES string of the molecule is Cc1ccc2nc(CNC(=O)c3ccc4ccccc4n3)[nH]c2c1. The Hall–Kier alpha value is -3.21. The molecule has 1 amide bonds. The number of fused-ring (bicyclic) bond motifs is 2. The van der Waals surface area contributed by atoms with E-state index in [-0.39, 0.29) is 5.91 Å². The van der Waals surface area contributed by atoms with Crippen LogP contribution in [-0.4, -0.2) is 20.9 Å². The Morgan fingerprint density at radius 1 is 1.04 bits per heavy atom. The summed E-state index contributed by atoms with van der Waals surface area (Å²) in [7, 11) is 0. The number of amides is 1. The summed E-state index contributed by atoms with van der Waals surface area (Å²) in [6, 6.07) is 17.4. The van der Waals surface area contributed by atoms with E-state index in [1.54, 1.807) is 6.07 Å². The quantitative estimate of drug-likeness (QED) is 0.609. The molecule has 4 aromatic rings. The summed E-state index contributed by atoms with van der Waals surface area (Å²) < 4.78 is 0. The third-order valence-electron chi connectivity index (χ3n) is 3.93. The van der Waals surface area contributed by atoms with Gasteiger partial charge in [0.25, 0.3) is 5.91 Å². The van der Waals surface area contributed by atoms with Crippen LogP contribution in [0.4, 0.5) is 0 Å². The molecule has 4 rings (SSSR count). The van der Waals surface area contributed by atoms with Crippen molar-refractivity contribution < 1.29 is 4.79 Å². The minimum atomic E-state index is -0.211. The van der Waals surface area contributed by atoms with Crippen LogP contribution in [0.15, 0.2) is 54.6 Å². The van der Waals surface area contributed by atoms with E-state index in [0.717, 1.165) is 27.8 Å². The molecule has 118 valence electrons. The summed E-state index contributed by atoms with van der Waals surface area (Å²) in [5.41, 5.74) is 4.25. The number of nitrogens with zero attached hydrogens (tertiary/aromatic N) is 2. The average molecular weight is 316 g/mol. The second kappa shape index (κ2) is 5.77. The normalized spacial score (nSPS) is 11.0. The monoisotopic (exact) mass is 316 g/mol. The lowest BCUT2D eigenvalue weighted by Crippen LogP contribution is -2.24. The van der Waals surface area contributed by atoms with Gasteiger partial charge in [-0.1, -0.05) is 30.3 Å². The van der Waals surface area contributed by atoms with E-state index >= 15 is 0 Å². The molecule has 5 heteroatoms. The van der Waals surface area contributed by atoms with Crippen LogP contribution in [0.5, 0.6) is 0 Å². The number of benzene rings is 2. The first-order valence-electron chi connectivity index (χ1n) is 7.78. The molecule has 0 saturated heterocycles. The number of rotatable bonds is 3. The van der Waals surface area contributed by atoms with Crippen molar-refractivity contribution in [3.05, 3.63) is 71.7 Å². The third kappa shape index (κ3) is 2.72. The topological polar surface area (TPSA) is 70.7 Å². The molecular weight excluding hydrogens is 300 g/mol. The van der Waals surface area contributed by atoms with Crippen molar-refractivity contribution in [1.29, 1.82) is 0 Å². The molecule has 2 aromatic carbocycles. The van der Waals surface area contributed by atoms with Gasteiger partial charge in [-0.05, 0) is 36.8 Å². The number of carbonyl (C=O) groups is 1. The minimum absolute atomic E-state index is 0.211. The number of pyridine rings is 1. The van der Waals surface area contributed by atoms with E-state index in [2.05, 4.69) is 20.3 Å². The average Bonchev–Trinajstić information content (AvgIpc) is 3.01. The van der Waals surface area contributed by atoms with Gasteiger partial charge in [-0.3, -0.25) is 4.79 Å². The fourth-order valence-corrected chi connectivity index (χ4v) is 2.71. The van der Waals surface area contributed by atoms with Crippen LogP contribution in [-0.2, 0) is 6.54 Å². The Bertz CT molecular complexity index is 1050. The molecule has 0 radical (unpaired) electrons. The first-order valence-corrected chi connectivity index (χ1v) is 7.78. The zero-order valence-electron chi connectivity index (χ0n) is 13.2. The first kappa shape index (κ1) is 14.4. The highest BCUT2D eigenvalue weighted by Gasteiger charge is 2.09. The second-order valence-electron chi connectivity index (χ2n) is 5.78. The fourth-order valence-electron chi connectivity index (χ4n) is 2.71. The lowest BCUT2D eigenvalue weighted by molar-refractivity contribution is 0.0945. The number of aryl methyl sites for hydroxylation is 1. The second-order valence-corrected chi connectivity index (χ2v) is 5.78. The Balaban J connectivity index is 1.52. The standard InChI is InChI=1S/C19H16N4O/c1-12-6-8-15-17(10-12)23-18(22-15)11-20-19(24)16-9-7-13-4-2-3-5-14(13)21-16/h2-10H,11H2,1H3,(H,20,24)(H,22,23). The third-order valence-corrected chi connectivity index (χ3v) is 3.93. The van der Waals surface area contributed by atoms with Crippen LogP contribution >= 0.6 is 0 Å². The maximum Gasteiger partial charge on any atom is 0.270 e. The lowest BCUT2D eigenvalue weighted by atomic mass is 10.2. The molecular formula is C19H16N4O. The molecule has 0 spiro atoms. The van der Waals surface area contributed by atoms with Gasteiger partial charge in [0.05, 0.1) is 23.1 Å². The van der Waals surface area contributed by atoms with Crippen molar-refractivity contribution in [2.45, 2.75) is 13.5 Å². The van der Waals surface area contributed by atoms with Gasteiger partial charge in [0.2, 0.25) is 0 Å². The van der Waals surface area contributed by atoms with E-state index in [1.807, 2.05) is 55.5 Å². The number of para-hydroxylation sites is 1. The predicted octanol–water partition coefficient (Wildman–Crippen LogP) is 3.35. The smallest absolute Gasteiger partial charge is 0.270 e. The molecule has 0 aliphatic rings. The van der Waals surface area contributed by atoms with Gasteiger partial charge in [-0.15, -0.1) is 0 Å². The molecule has 0 bridgehead atoms. The highest BCUT2D eigenvalue weighted by Crippen LogP contribution is 2.14. The molecule has 0 aliphatic heterocycles. The van der Waals surface area contributed by atoms with Gasteiger partial charge in [0.15, 0.2) is 0 Å². The van der Waals surface area contributed by atoms with Gasteiger partial charge >= 0.3 is 0 Å². The maximum absolute atomic E-state index is 12.3. The summed E-state index contributed by atoms with van der Waals surface area (Å²) >= 11 is 0. The molecule has 0 fully saturated rings. The van der Waals surface area contributed by atoms with Crippen LogP contribution in [0, 0.1) is 6.92 Å². The van der Waals surface area contributed by atoms with Gasteiger partial charge in [0, 0.05) is 5.39 Å². The number of nitrogens with one attached hydrogen (secondary N) is 2. The van der Waals surface area contributed by atoms with Crippen molar-refractivity contribution in [2.24, 2.45) is 0 Å². The number of hydrogen-bond donors (Lipinski definition) is 2. The maximum atomic E-state index is 12.3. The van der Waals surface area contributed by atoms with E-state index in [9.17, 15) is 4.79 Å². The van der Waals surface area contributed by atoms with Crippen molar-refractivity contribution in [3.63, 3.8) is 0 Å². The number of hydrogen-bond acceptors (Lipinski definition) is 3. The van der Waals surface area contributed by atoms with Crippen LogP contribution in [0.25, 0.3) is 21.9 Å².